The molecule has 92 valence electrons. The predicted octanol–water partition coefficient (Wildman–Crippen LogP) is 1.31. The fourth-order valence-electron chi connectivity index (χ4n) is 1.65. The lowest BCUT2D eigenvalue weighted by molar-refractivity contribution is 0.136. The maximum atomic E-state index is 9.79. The molecule has 0 aliphatic rings. The number of hydrogen-bond donors (Lipinski definition) is 3. The van der Waals surface area contributed by atoms with E-state index in [1.807, 2.05) is 0 Å². The Bertz CT molecular complexity index is 272. The van der Waals surface area contributed by atoms with Crippen LogP contribution in [0.15, 0.2) is 22.8 Å². The van der Waals surface area contributed by atoms with Crippen LogP contribution < -0.4 is 5.32 Å². The number of nitrogens with one attached hydrogen (secondary N) is 1. The van der Waals surface area contributed by atoms with Crippen LogP contribution in [0.4, 0.5) is 0 Å². The van der Waals surface area contributed by atoms with Gasteiger partial charge in [0.25, 0.3) is 0 Å². The first-order valence-corrected chi connectivity index (χ1v) is 5.71. The molecule has 1 aromatic heterocycles. The molecule has 0 saturated heterocycles. The maximum Gasteiger partial charge on any atom is 0.133 e. The summed E-state index contributed by atoms with van der Waals surface area (Å²) in [6, 6.07) is 3.73. The topological polar surface area (TPSA) is 65.6 Å². The minimum atomic E-state index is -0.630. The van der Waals surface area contributed by atoms with Crippen molar-refractivity contribution in [3.63, 3.8) is 0 Å². The number of aliphatic hydroxyl groups is 2. The zero-order chi connectivity index (χ0) is 12.0. The summed E-state index contributed by atoms with van der Waals surface area (Å²) >= 11 is 0. The van der Waals surface area contributed by atoms with Crippen molar-refractivity contribution in [3.8, 4) is 0 Å². The minimum absolute atomic E-state index is 0.159. The van der Waals surface area contributed by atoms with E-state index in [1.165, 1.54) is 0 Å². The highest BCUT2D eigenvalue weighted by Gasteiger charge is 2.16. The van der Waals surface area contributed by atoms with Crippen molar-refractivity contribution in [2.45, 2.75) is 32.4 Å². The molecule has 16 heavy (non-hydrogen) atoms. The van der Waals surface area contributed by atoms with Crippen LogP contribution in [-0.2, 0) is 0 Å². The predicted molar refractivity (Wildman–Crippen MR) is 62.0 cm³/mol. The molecule has 0 aliphatic carbocycles. The van der Waals surface area contributed by atoms with Gasteiger partial charge in [0.15, 0.2) is 0 Å². The Kier molecular flexibility index (Phi) is 5.52. The lowest BCUT2D eigenvalue weighted by Crippen LogP contribution is -2.37. The Morgan fingerprint density at radius 2 is 2.19 bits per heavy atom. The van der Waals surface area contributed by atoms with Gasteiger partial charge in [0.1, 0.15) is 11.9 Å². The molecule has 0 aliphatic heterocycles. The van der Waals surface area contributed by atoms with Crippen molar-refractivity contribution in [2.24, 2.45) is 5.92 Å². The van der Waals surface area contributed by atoms with Crippen LogP contribution in [0.25, 0.3) is 0 Å². The van der Waals surface area contributed by atoms with Crippen LogP contribution in [-0.4, -0.2) is 29.4 Å². The van der Waals surface area contributed by atoms with E-state index in [4.69, 9.17) is 9.52 Å². The van der Waals surface area contributed by atoms with Gasteiger partial charge in [0.2, 0.25) is 0 Å². The standard InChI is InChI=1S/C12H21NO3/c1-9(2)10(5-6-14)13-8-11(15)12-4-3-7-16-12/h3-4,7,9-11,13-15H,5-6,8H2,1-2H3. The van der Waals surface area contributed by atoms with Crippen LogP contribution >= 0.6 is 0 Å². The van der Waals surface area contributed by atoms with Gasteiger partial charge < -0.3 is 19.9 Å². The van der Waals surface area contributed by atoms with Gasteiger partial charge >= 0.3 is 0 Å². The van der Waals surface area contributed by atoms with E-state index in [-0.39, 0.29) is 12.6 Å². The molecule has 2 atom stereocenters. The summed E-state index contributed by atoms with van der Waals surface area (Å²) < 4.78 is 5.11. The number of hydrogen-bond acceptors (Lipinski definition) is 4. The van der Waals surface area contributed by atoms with E-state index >= 15 is 0 Å². The summed E-state index contributed by atoms with van der Waals surface area (Å²) in [5, 5.41) is 21.9. The second-order valence-electron chi connectivity index (χ2n) is 4.30. The van der Waals surface area contributed by atoms with Crippen molar-refractivity contribution in [1.82, 2.24) is 5.32 Å². The summed E-state index contributed by atoms with van der Waals surface area (Å²) in [6.45, 7) is 4.78. The molecule has 0 radical (unpaired) electrons. The van der Waals surface area contributed by atoms with Crippen LogP contribution in [0.1, 0.15) is 32.1 Å². The zero-order valence-electron chi connectivity index (χ0n) is 9.89. The maximum absolute atomic E-state index is 9.79. The molecule has 0 spiro atoms. The van der Waals surface area contributed by atoms with Gasteiger partial charge in [-0.05, 0) is 24.5 Å². The van der Waals surface area contributed by atoms with E-state index in [9.17, 15) is 5.11 Å². The quantitative estimate of drug-likeness (QED) is 0.657. The van der Waals surface area contributed by atoms with E-state index < -0.39 is 6.10 Å². The highest BCUT2D eigenvalue weighted by molar-refractivity contribution is 5.02. The summed E-state index contributed by atoms with van der Waals surface area (Å²) in [5.41, 5.74) is 0. The molecule has 0 amide bonds. The van der Waals surface area contributed by atoms with Crippen molar-refractivity contribution in [3.05, 3.63) is 24.2 Å². The third kappa shape index (κ3) is 3.96. The molecule has 1 rings (SSSR count). The highest BCUT2D eigenvalue weighted by Crippen LogP contribution is 2.13. The fraction of sp³-hybridized carbons (Fsp3) is 0.667. The molecule has 0 bridgehead atoms. The molecule has 4 heteroatoms. The SMILES string of the molecule is CC(C)C(CCO)NCC(O)c1ccco1. The lowest BCUT2D eigenvalue weighted by Gasteiger charge is -2.22. The van der Waals surface area contributed by atoms with Gasteiger partial charge in [0.05, 0.1) is 6.26 Å². The van der Waals surface area contributed by atoms with Crippen LogP contribution in [0.2, 0.25) is 0 Å². The van der Waals surface area contributed by atoms with Crippen LogP contribution in [0, 0.1) is 5.92 Å². The van der Waals surface area contributed by atoms with Gasteiger partial charge in [-0.3, -0.25) is 0 Å². The van der Waals surface area contributed by atoms with Crippen molar-refractivity contribution >= 4 is 0 Å². The second kappa shape index (κ2) is 6.68. The minimum Gasteiger partial charge on any atom is -0.467 e. The number of aliphatic hydroxyl groups excluding tert-OH is 2. The van der Waals surface area contributed by atoms with E-state index in [0.717, 1.165) is 0 Å². The average Bonchev–Trinajstić information content (AvgIpc) is 2.76. The van der Waals surface area contributed by atoms with Crippen LogP contribution in [0.3, 0.4) is 0 Å². The molecular formula is C12H21NO3. The van der Waals surface area contributed by atoms with Gasteiger partial charge in [-0.25, -0.2) is 0 Å². The highest BCUT2D eigenvalue weighted by atomic mass is 16.4. The molecule has 4 nitrogen and oxygen atoms in total. The Hall–Kier alpha value is -0.840. The zero-order valence-corrected chi connectivity index (χ0v) is 9.89. The molecule has 2 unspecified atom stereocenters. The smallest absolute Gasteiger partial charge is 0.133 e. The Morgan fingerprint density at radius 1 is 1.44 bits per heavy atom. The summed E-state index contributed by atoms with van der Waals surface area (Å²) in [7, 11) is 0. The molecule has 0 aromatic carbocycles. The van der Waals surface area contributed by atoms with Crippen molar-refractivity contribution in [1.29, 1.82) is 0 Å². The van der Waals surface area contributed by atoms with Gasteiger partial charge in [0, 0.05) is 19.2 Å². The van der Waals surface area contributed by atoms with Gasteiger partial charge in [-0.2, -0.15) is 0 Å². The van der Waals surface area contributed by atoms with Crippen molar-refractivity contribution in [2.75, 3.05) is 13.2 Å². The third-order valence-corrected chi connectivity index (χ3v) is 2.69. The molecule has 0 saturated carbocycles. The first-order chi connectivity index (χ1) is 7.65. The molecule has 1 aromatic rings. The molecule has 3 N–H and O–H groups in total. The number of rotatable bonds is 7. The Labute approximate surface area is 96.3 Å². The van der Waals surface area contributed by atoms with Crippen LogP contribution in [0.5, 0.6) is 0 Å². The molecule has 1 heterocycles. The summed E-state index contributed by atoms with van der Waals surface area (Å²) in [6.07, 6.45) is 1.62. The largest absolute Gasteiger partial charge is 0.467 e. The van der Waals surface area contributed by atoms with Gasteiger partial charge in [-0.1, -0.05) is 13.8 Å². The lowest BCUT2D eigenvalue weighted by atomic mass is 10.0. The van der Waals surface area contributed by atoms with Gasteiger partial charge in [-0.15, -0.1) is 0 Å². The molecular weight excluding hydrogens is 206 g/mol. The summed E-state index contributed by atoms with van der Waals surface area (Å²) in [5.74, 6) is 0.995. The first-order valence-electron chi connectivity index (χ1n) is 5.71. The first kappa shape index (κ1) is 13.2. The Balaban J connectivity index is 2.37. The monoisotopic (exact) mass is 227 g/mol. The Morgan fingerprint density at radius 3 is 2.69 bits per heavy atom. The van der Waals surface area contributed by atoms with E-state index in [2.05, 4.69) is 19.2 Å². The average molecular weight is 227 g/mol. The molecule has 0 fully saturated rings. The van der Waals surface area contributed by atoms with E-state index in [0.29, 0.717) is 24.6 Å². The third-order valence-electron chi connectivity index (χ3n) is 2.69. The number of furan rings is 1. The summed E-state index contributed by atoms with van der Waals surface area (Å²) in [4.78, 5) is 0. The second-order valence-corrected chi connectivity index (χ2v) is 4.30. The fourth-order valence-corrected chi connectivity index (χ4v) is 1.65. The van der Waals surface area contributed by atoms with E-state index in [1.54, 1.807) is 18.4 Å². The van der Waals surface area contributed by atoms with Crippen molar-refractivity contribution < 1.29 is 14.6 Å². The normalized spacial score (nSPS) is 15.3.